The molecule has 2 aromatic rings. The number of anilines is 2. The minimum Gasteiger partial charge on any atom is -0.396 e. The van der Waals surface area contributed by atoms with E-state index in [0.717, 1.165) is 9.90 Å². The fraction of sp³-hybridized carbons (Fsp3) is 0.222. The predicted octanol–water partition coefficient (Wildman–Crippen LogP) is 1.15. The second-order valence-corrected chi connectivity index (χ2v) is 5.11. The van der Waals surface area contributed by atoms with Gasteiger partial charge in [-0.15, -0.1) is 23.1 Å². The third kappa shape index (κ3) is 2.41. The molecule has 0 atom stereocenters. The number of nitrogens with one attached hydrogen (secondary N) is 1. The highest BCUT2D eigenvalue weighted by Crippen LogP contribution is 2.41. The Bertz CT molecular complexity index is 552. The molecule has 2 heterocycles. The van der Waals surface area contributed by atoms with Gasteiger partial charge in [0, 0.05) is 0 Å². The molecule has 0 bridgehead atoms. The van der Waals surface area contributed by atoms with Crippen LogP contribution in [-0.4, -0.2) is 22.3 Å². The van der Waals surface area contributed by atoms with Crippen LogP contribution in [0.2, 0.25) is 0 Å². The second-order valence-electron chi connectivity index (χ2n) is 3.27. The first kappa shape index (κ1) is 12.7. The van der Waals surface area contributed by atoms with E-state index in [0.29, 0.717) is 22.9 Å². The summed E-state index contributed by atoms with van der Waals surface area (Å²) in [6, 6.07) is 0. The third-order valence-corrected chi connectivity index (χ3v) is 4.28. The number of nitrogen functional groups attached to an aromatic ring is 1. The number of carbonyl (C=O) groups is 1. The maximum Gasteiger partial charge on any atom is 0.261 e. The lowest BCUT2D eigenvalue weighted by atomic mass is 10.4. The van der Waals surface area contributed by atoms with Crippen molar-refractivity contribution in [3.63, 3.8) is 0 Å². The van der Waals surface area contributed by atoms with Gasteiger partial charge in [0.15, 0.2) is 5.82 Å². The highest BCUT2D eigenvalue weighted by Gasteiger charge is 2.18. The summed E-state index contributed by atoms with van der Waals surface area (Å²) in [6.07, 6.45) is 3.13. The molecule has 0 spiro atoms. The number of carbonyl (C=O) groups excluding carboxylic acids is 1. The first-order valence-electron chi connectivity index (χ1n) is 4.88. The standard InChI is InChI=1S/C9H11N5O2S2/c1-17-7-5(10)6(8(11)15)18-9(7)12-2-4-13-3-16-14-4/h3,12H,2,10H2,1H3,(H2,11,15). The van der Waals surface area contributed by atoms with Gasteiger partial charge >= 0.3 is 0 Å². The van der Waals surface area contributed by atoms with E-state index < -0.39 is 5.91 Å². The molecular formula is C9H11N5O2S2. The highest BCUT2D eigenvalue weighted by molar-refractivity contribution is 7.99. The fourth-order valence-corrected chi connectivity index (χ4v) is 3.24. The number of hydrogen-bond acceptors (Lipinski definition) is 8. The molecule has 96 valence electrons. The molecule has 0 radical (unpaired) electrons. The van der Waals surface area contributed by atoms with E-state index in [1.165, 1.54) is 29.5 Å². The van der Waals surface area contributed by atoms with E-state index in [9.17, 15) is 4.79 Å². The molecule has 7 nitrogen and oxygen atoms in total. The van der Waals surface area contributed by atoms with Gasteiger partial charge in [-0.2, -0.15) is 4.98 Å². The molecular weight excluding hydrogens is 274 g/mol. The Labute approximate surface area is 111 Å². The average Bonchev–Trinajstić information content (AvgIpc) is 2.93. The molecule has 0 saturated heterocycles. The predicted molar refractivity (Wildman–Crippen MR) is 70.7 cm³/mol. The van der Waals surface area contributed by atoms with Crippen LogP contribution in [0, 0.1) is 0 Å². The quantitative estimate of drug-likeness (QED) is 0.704. The van der Waals surface area contributed by atoms with Crippen molar-refractivity contribution >= 4 is 39.7 Å². The van der Waals surface area contributed by atoms with Crippen molar-refractivity contribution in [2.24, 2.45) is 5.73 Å². The Morgan fingerprint density at radius 2 is 2.44 bits per heavy atom. The number of amides is 1. The van der Waals surface area contributed by atoms with Crippen molar-refractivity contribution in [2.75, 3.05) is 17.3 Å². The number of nitrogens with two attached hydrogens (primary N) is 2. The SMILES string of the molecule is CSc1c(NCc2ncon2)sc(C(N)=O)c1N. The van der Waals surface area contributed by atoms with Gasteiger partial charge < -0.3 is 21.3 Å². The zero-order valence-electron chi connectivity index (χ0n) is 9.47. The number of aromatic nitrogens is 2. The maximum absolute atomic E-state index is 11.2. The van der Waals surface area contributed by atoms with Crippen LogP contribution in [0.5, 0.6) is 0 Å². The van der Waals surface area contributed by atoms with Gasteiger partial charge in [0.25, 0.3) is 5.91 Å². The number of thioether (sulfide) groups is 1. The lowest BCUT2D eigenvalue weighted by Gasteiger charge is -2.03. The minimum absolute atomic E-state index is 0.356. The van der Waals surface area contributed by atoms with Gasteiger partial charge in [-0.1, -0.05) is 5.16 Å². The van der Waals surface area contributed by atoms with Crippen LogP contribution in [-0.2, 0) is 6.54 Å². The normalized spacial score (nSPS) is 10.5. The Morgan fingerprint density at radius 1 is 1.67 bits per heavy atom. The van der Waals surface area contributed by atoms with Crippen molar-refractivity contribution in [1.29, 1.82) is 0 Å². The number of rotatable bonds is 5. The Kier molecular flexibility index (Phi) is 3.72. The van der Waals surface area contributed by atoms with E-state index in [2.05, 4.69) is 20.0 Å². The monoisotopic (exact) mass is 285 g/mol. The molecule has 9 heteroatoms. The van der Waals surface area contributed by atoms with Crippen LogP contribution < -0.4 is 16.8 Å². The summed E-state index contributed by atoms with van der Waals surface area (Å²) in [5.74, 6) is -0.00457. The minimum atomic E-state index is -0.527. The molecule has 18 heavy (non-hydrogen) atoms. The maximum atomic E-state index is 11.2. The van der Waals surface area contributed by atoms with Gasteiger partial charge in [-0.05, 0) is 6.26 Å². The number of hydrogen-bond donors (Lipinski definition) is 3. The van der Waals surface area contributed by atoms with Gasteiger partial charge in [0.1, 0.15) is 9.88 Å². The molecule has 0 aliphatic heterocycles. The van der Waals surface area contributed by atoms with E-state index in [1.54, 1.807) is 0 Å². The summed E-state index contributed by atoms with van der Waals surface area (Å²) in [5, 5.41) is 7.56. The highest BCUT2D eigenvalue weighted by atomic mass is 32.2. The van der Waals surface area contributed by atoms with Gasteiger partial charge in [0.2, 0.25) is 6.39 Å². The van der Waals surface area contributed by atoms with Crippen LogP contribution >= 0.6 is 23.1 Å². The molecule has 1 amide bonds. The van der Waals surface area contributed by atoms with Crippen molar-refractivity contribution in [3.05, 3.63) is 17.1 Å². The van der Waals surface area contributed by atoms with Crippen LogP contribution in [0.25, 0.3) is 0 Å². The zero-order valence-corrected chi connectivity index (χ0v) is 11.1. The smallest absolute Gasteiger partial charge is 0.261 e. The molecule has 0 saturated carbocycles. The molecule has 0 aliphatic carbocycles. The van der Waals surface area contributed by atoms with Gasteiger partial charge in [0.05, 0.1) is 17.1 Å². The Hall–Kier alpha value is -1.74. The summed E-state index contributed by atoms with van der Waals surface area (Å²) in [4.78, 5) is 16.3. The summed E-state index contributed by atoms with van der Waals surface area (Å²) in [6.45, 7) is 0.391. The summed E-state index contributed by atoms with van der Waals surface area (Å²) in [5.41, 5.74) is 11.5. The molecule has 2 rings (SSSR count). The molecule has 0 aliphatic rings. The van der Waals surface area contributed by atoms with Crippen molar-refractivity contribution < 1.29 is 9.32 Å². The number of primary amides is 1. The lowest BCUT2D eigenvalue weighted by molar-refractivity contribution is 0.100. The van der Waals surface area contributed by atoms with Crippen LogP contribution in [0.15, 0.2) is 15.8 Å². The second kappa shape index (κ2) is 5.27. The first-order chi connectivity index (χ1) is 8.63. The molecule has 0 fully saturated rings. The van der Waals surface area contributed by atoms with Crippen molar-refractivity contribution in [2.45, 2.75) is 11.4 Å². The molecule has 2 aromatic heterocycles. The number of thiophene rings is 1. The Balaban J connectivity index is 2.21. The zero-order chi connectivity index (χ0) is 13.1. The van der Waals surface area contributed by atoms with Gasteiger partial charge in [-0.3, -0.25) is 4.79 Å². The lowest BCUT2D eigenvalue weighted by Crippen LogP contribution is -2.10. The van der Waals surface area contributed by atoms with Gasteiger partial charge in [-0.25, -0.2) is 0 Å². The Morgan fingerprint density at radius 3 is 3.00 bits per heavy atom. The molecule has 0 unspecified atom stereocenters. The topological polar surface area (TPSA) is 120 Å². The summed E-state index contributed by atoms with van der Waals surface area (Å²) in [7, 11) is 0. The van der Waals surface area contributed by atoms with E-state index in [-0.39, 0.29) is 0 Å². The first-order valence-corrected chi connectivity index (χ1v) is 6.92. The fourth-order valence-electron chi connectivity index (χ4n) is 1.36. The van der Waals surface area contributed by atoms with Crippen LogP contribution in [0.4, 0.5) is 10.7 Å². The molecule has 5 N–H and O–H groups in total. The summed E-state index contributed by atoms with van der Waals surface area (Å²) >= 11 is 2.67. The van der Waals surface area contributed by atoms with E-state index >= 15 is 0 Å². The van der Waals surface area contributed by atoms with Crippen molar-refractivity contribution in [1.82, 2.24) is 10.1 Å². The van der Waals surface area contributed by atoms with Crippen LogP contribution in [0.1, 0.15) is 15.5 Å². The van der Waals surface area contributed by atoms with E-state index in [1.807, 2.05) is 6.26 Å². The third-order valence-electron chi connectivity index (χ3n) is 2.14. The van der Waals surface area contributed by atoms with Crippen LogP contribution in [0.3, 0.4) is 0 Å². The summed E-state index contributed by atoms with van der Waals surface area (Å²) < 4.78 is 4.62. The number of nitrogens with zero attached hydrogens (tertiary/aromatic N) is 2. The average molecular weight is 285 g/mol. The van der Waals surface area contributed by atoms with Crippen molar-refractivity contribution in [3.8, 4) is 0 Å². The van der Waals surface area contributed by atoms with E-state index in [4.69, 9.17) is 11.5 Å². The molecule has 0 aromatic carbocycles. The largest absolute Gasteiger partial charge is 0.396 e.